The van der Waals surface area contributed by atoms with E-state index in [2.05, 4.69) is 26.0 Å². The van der Waals surface area contributed by atoms with Crippen molar-refractivity contribution < 1.29 is 4.79 Å². The van der Waals surface area contributed by atoms with Gasteiger partial charge >= 0.3 is 0 Å². The molecule has 6 heteroatoms. The lowest BCUT2D eigenvalue weighted by molar-refractivity contribution is 0.0990. The smallest absolute Gasteiger partial charge is 0.288 e. The Morgan fingerprint density at radius 1 is 1.09 bits per heavy atom. The molecular weight excluding hydrogens is 344 g/mol. The maximum atomic E-state index is 11.4. The molecule has 1 amide bonds. The van der Waals surface area contributed by atoms with Gasteiger partial charge in [0.15, 0.2) is 5.82 Å². The number of benzene rings is 2. The molecule has 0 saturated heterocycles. The first-order chi connectivity index (χ1) is 10.5. The SMILES string of the molecule is Cc1ccc(-n2nc(C(N)=O)nc2-c2ccc(Br)cc2)cc1. The van der Waals surface area contributed by atoms with E-state index in [9.17, 15) is 4.79 Å². The van der Waals surface area contributed by atoms with Gasteiger partial charge in [-0.3, -0.25) is 4.79 Å². The Kier molecular flexibility index (Phi) is 3.77. The Hall–Kier alpha value is -2.47. The lowest BCUT2D eigenvalue weighted by Crippen LogP contribution is -2.13. The monoisotopic (exact) mass is 356 g/mol. The van der Waals surface area contributed by atoms with E-state index in [4.69, 9.17) is 5.73 Å². The molecule has 2 aromatic carbocycles. The zero-order valence-corrected chi connectivity index (χ0v) is 13.4. The molecule has 3 aromatic rings. The fraction of sp³-hybridized carbons (Fsp3) is 0.0625. The fourth-order valence-electron chi connectivity index (χ4n) is 2.07. The number of aromatic nitrogens is 3. The molecule has 0 radical (unpaired) electrons. The normalized spacial score (nSPS) is 10.6. The maximum absolute atomic E-state index is 11.4. The van der Waals surface area contributed by atoms with E-state index in [1.54, 1.807) is 4.68 Å². The number of rotatable bonds is 3. The predicted octanol–water partition coefficient (Wildman–Crippen LogP) is 3.10. The number of nitrogens with zero attached hydrogens (tertiary/aromatic N) is 3. The number of carbonyl (C=O) groups is 1. The molecule has 0 aliphatic carbocycles. The number of nitrogens with two attached hydrogens (primary N) is 1. The summed E-state index contributed by atoms with van der Waals surface area (Å²) in [5.74, 6) is -0.0760. The predicted molar refractivity (Wildman–Crippen MR) is 87.7 cm³/mol. The molecule has 0 aliphatic rings. The van der Waals surface area contributed by atoms with E-state index >= 15 is 0 Å². The van der Waals surface area contributed by atoms with Crippen LogP contribution in [0.5, 0.6) is 0 Å². The average molecular weight is 357 g/mol. The van der Waals surface area contributed by atoms with Gasteiger partial charge in [0.05, 0.1) is 5.69 Å². The summed E-state index contributed by atoms with van der Waals surface area (Å²) in [6.07, 6.45) is 0. The van der Waals surface area contributed by atoms with Crippen molar-refractivity contribution in [2.75, 3.05) is 0 Å². The summed E-state index contributed by atoms with van der Waals surface area (Å²) >= 11 is 3.40. The highest BCUT2D eigenvalue weighted by atomic mass is 79.9. The molecule has 0 aliphatic heterocycles. The molecule has 0 saturated carbocycles. The summed E-state index contributed by atoms with van der Waals surface area (Å²) in [5.41, 5.74) is 8.13. The van der Waals surface area contributed by atoms with Gasteiger partial charge in [0.2, 0.25) is 5.82 Å². The lowest BCUT2D eigenvalue weighted by atomic mass is 10.2. The van der Waals surface area contributed by atoms with Crippen LogP contribution in [-0.4, -0.2) is 20.7 Å². The standard InChI is InChI=1S/C16H13BrN4O/c1-10-2-8-13(9-3-10)21-16(19-15(20-21)14(18)22)11-4-6-12(17)7-5-11/h2-9H,1H3,(H2,18,22). The third-order valence-corrected chi connectivity index (χ3v) is 3.74. The molecular formula is C16H13BrN4O. The Labute approximate surface area is 135 Å². The molecule has 0 fully saturated rings. The van der Waals surface area contributed by atoms with Gasteiger partial charge in [-0.2, -0.15) is 0 Å². The van der Waals surface area contributed by atoms with Gasteiger partial charge in [-0.05, 0) is 31.2 Å². The number of aryl methyl sites for hydroxylation is 1. The van der Waals surface area contributed by atoms with Gasteiger partial charge in [0, 0.05) is 10.0 Å². The van der Waals surface area contributed by atoms with Crippen LogP contribution in [0.4, 0.5) is 0 Å². The van der Waals surface area contributed by atoms with Gasteiger partial charge < -0.3 is 5.73 Å². The second-order valence-corrected chi connectivity index (χ2v) is 5.79. The third kappa shape index (κ3) is 2.78. The zero-order valence-electron chi connectivity index (χ0n) is 11.8. The molecule has 2 N–H and O–H groups in total. The van der Waals surface area contributed by atoms with Crippen molar-refractivity contribution in [3.8, 4) is 17.1 Å². The lowest BCUT2D eigenvalue weighted by Gasteiger charge is -2.06. The minimum Gasteiger partial charge on any atom is -0.363 e. The van der Waals surface area contributed by atoms with Crippen molar-refractivity contribution >= 4 is 21.8 Å². The van der Waals surface area contributed by atoms with Crippen LogP contribution in [-0.2, 0) is 0 Å². The minimum atomic E-state index is -0.649. The molecule has 1 aromatic heterocycles. The summed E-state index contributed by atoms with van der Waals surface area (Å²) in [7, 11) is 0. The van der Waals surface area contributed by atoms with E-state index in [0.717, 1.165) is 21.3 Å². The first-order valence-electron chi connectivity index (χ1n) is 6.64. The molecule has 0 spiro atoms. The van der Waals surface area contributed by atoms with Crippen LogP contribution in [0.15, 0.2) is 53.0 Å². The van der Waals surface area contributed by atoms with Crippen molar-refractivity contribution in [1.29, 1.82) is 0 Å². The van der Waals surface area contributed by atoms with E-state index in [1.807, 2.05) is 55.5 Å². The topological polar surface area (TPSA) is 73.8 Å². The molecule has 5 nitrogen and oxygen atoms in total. The fourth-order valence-corrected chi connectivity index (χ4v) is 2.33. The Morgan fingerprint density at radius 3 is 2.32 bits per heavy atom. The summed E-state index contributed by atoms with van der Waals surface area (Å²) in [5, 5.41) is 4.23. The molecule has 3 rings (SSSR count). The van der Waals surface area contributed by atoms with Gasteiger partial charge in [-0.1, -0.05) is 45.8 Å². The minimum absolute atomic E-state index is 0.00139. The van der Waals surface area contributed by atoms with Gasteiger partial charge in [-0.15, -0.1) is 5.10 Å². The molecule has 110 valence electrons. The number of halogens is 1. The van der Waals surface area contributed by atoms with Crippen LogP contribution in [0.25, 0.3) is 17.1 Å². The second kappa shape index (κ2) is 5.73. The highest BCUT2D eigenvalue weighted by Gasteiger charge is 2.16. The van der Waals surface area contributed by atoms with Crippen molar-refractivity contribution in [1.82, 2.24) is 14.8 Å². The number of hydrogen-bond donors (Lipinski definition) is 1. The Morgan fingerprint density at radius 2 is 1.73 bits per heavy atom. The van der Waals surface area contributed by atoms with Crippen LogP contribution < -0.4 is 5.73 Å². The Balaban J connectivity index is 2.17. The summed E-state index contributed by atoms with van der Waals surface area (Å²) < 4.78 is 2.59. The summed E-state index contributed by atoms with van der Waals surface area (Å²) in [4.78, 5) is 15.7. The van der Waals surface area contributed by atoms with Crippen LogP contribution in [0.2, 0.25) is 0 Å². The van der Waals surface area contributed by atoms with E-state index in [0.29, 0.717) is 5.82 Å². The van der Waals surface area contributed by atoms with Crippen LogP contribution >= 0.6 is 15.9 Å². The molecule has 0 bridgehead atoms. The second-order valence-electron chi connectivity index (χ2n) is 4.88. The van der Waals surface area contributed by atoms with Gasteiger partial charge in [0.1, 0.15) is 0 Å². The number of amides is 1. The molecule has 0 unspecified atom stereocenters. The Bertz CT molecular complexity index is 759. The van der Waals surface area contributed by atoms with Crippen molar-refractivity contribution in [2.24, 2.45) is 5.73 Å². The highest BCUT2D eigenvalue weighted by molar-refractivity contribution is 9.10. The number of primary amides is 1. The van der Waals surface area contributed by atoms with Crippen molar-refractivity contribution in [2.45, 2.75) is 6.92 Å². The summed E-state index contributed by atoms with van der Waals surface area (Å²) in [6.45, 7) is 2.01. The zero-order chi connectivity index (χ0) is 15.7. The van der Waals surface area contributed by atoms with Crippen LogP contribution in [0, 0.1) is 6.92 Å². The molecule has 1 heterocycles. The largest absolute Gasteiger partial charge is 0.363 e. The summed E-state index contributed by atoms with van der Waals surface area (Å²) in [6, 6.07) is 15.4. The molecule has 22 heavy (non-hydrogen) atoms. The van der Waals surface area contributed by atoms with Gasteiger partial charge in [-0.25, -0.2) is 9.67 Å². The first-order valence-corrected chi connectivity index (χ1v) is 7.44. The van der Waals surface area contributed by atoms with Crippen molar-refractivity contribution in [3.05, 3.63) is 64.4 Å². The highest BCUT2D eigenvalue weighted by Crippen LogP contribution is 2.23. The quantitative estimate of drug-likeness (QED) is 0.783. The van der Waals surface area contributed by atoms with Gasteiger partial charge in [0.25, 0.3) is 5.91 Å². The van der Waals surface area contributed by atoms with Crippen LogP contribution in [0.3, 0.4) is 0 Å². The first kappa shape index (κ1) is 14.5. The van der Waals surface area contributed by atoms with E-state index in [-0.39, 0.29) is 5.82 Å². The third-order valence-electron chi connectivity index (χ3n) is 3.21. The van der Waals surface area contributed by atoms with Crippen molar-refractivity contribution in [3.63, 3.8) is 0 Å². The number of hydrogen-bond acceptors (Lipinski definition) is 3. The maximum Gasteiger partial charge on any atom is 0.288 e. The average Bonchev–Trinajstić information content (AvgIpc) is 2.94. The van der Waals surface area contributed by atoms with E-state index in [1.165, 1.54) is 0 Å². The van der Waals surface area contributed by atoms with Crippen LogP contribution in [0.1, 0.15) is 16.2 Å². The molecule has 0 atom stereocenters. The van der Waals surface area contributed by atoms with E-state index < -0.39 is 5.91 Å². The number of carbonyl (C=O) groups excluding carboxylic acids is 1.